The van der Waals surface area contributed by atoms with Crippen molar-refractivity contribution in [2.75, 3.05) is 7.11 Å². The topological polar surface area (TPSA) is 50.1 Å². The predicted molar refractivity (Wildman–Crippen MR) is 65.6 cm³/mol. The minimum Gasteiger partial charge on any atom is -0.469 e. The molecule has 3 nitrogen and oxygen atoms in total. The van der Waals surface area contributed by atoms with Crippen molar-refractivity contribution in [2.45, 2.75) is 33.1 Å². The van der Waals surface area contributed by atoms with Gasteiger partial charge in [0.05, 0.1) is 25.2 Å². The van der Waals surface area contributed by atoms with Gasteiger partial charge in [-0.2, -0.15) is 5.26 Å². The fourth-order valence-electron chi connectivity index (χ4n) is 1.88. The number of rotatable bonds is 4. The summed E-state index contributed by atoms with van der Waals surface area (Å²) in [5.41, 5.74) is 3.68. The molecular formula is C14H17NO2. The molecule has 0 amide bonds. The van der Waals surface area contributed by atoms with Crippen LogP contribution in [-0.2, 0) is 28.8 Å². The molecule has 1 aromatic rings. The summed E-state index contributed by atoms with van der Waals surface area (Å²) in [6.07, 6.45) is 1.86. The maximum Gasteiger partial charge on any atom is 0.309 e. The predicted octanol–water partition coefficient (Wildman–Crippen LogP) is 2.40. The van der Waals surface area contributed by atoms with Crippen LogP contribution in [0.25, 0.3) is 0 Å². The van der Waals surface area contributed by atoms with E-state index in [-0.39, 0.29) is 12.4 Å². The Hall–Kier alpha value is -1.82. The Bertz CT molecular complexity index is 433. The molecule has 1 aromatic carbocycles. The number of aryl methyl sites for hydroxylation is 2. The molecule has 0 aliphatic rings. The van der Waals surface area contributed by atoms with E-state index in [4.69, 9.17) is 5.26 Å². The summed E-state index contributed by atoms with van der Waals surface area (Å²) in [6.45, 7) is 4.02. The normalized spacial score (nSPS) is 9.76. The first-order valence-corrected chi connectivity index (χ1v) is 5.77. The molecule has 3 heteroatoms. The van der Waals surface area contributed by atoms with Crippen LogP contribution < -0.4 is 0 Å². The molecule has 0 bridgehead atoms. The first-order valence-electron chi connectivity index (χ1n) is 5.77. The van der Waals surface area contributed by atoms with Gasteiger partial charge in [0.25, 0.3) is 0 Å². The minimum atomic E-state index is -0.251. The highest BCUT2D eigenvalue weighted by molar-refractivity contribution is 5.72. The number of carbonyl (C=O) groups is 1. The van der Waals surface area contributed by atoms with Crippen LogP contribution in [-0.4, -0.2) is 13.1 Å². The van der Waals surface area contributed by atoms with Gasteiger partial charge in [-0.25, -0.2) is 0 Å². The largest absolute Gasteiger partial charge is 0.469 e. The maximum absolute atomic E-state index is 11.2. The summed E-state index contributed by atoms with van der Waals surface area (Å²) < 4.78 is 4.65. The molecule has 0 saturated heterocycles. The standard InChI is InChI=1S/C14H17NO2/c1-4-11-6-10(8-14(16)17-3)7-12(5-2)13(11)9-15/h6-7H,4-5,8H2,1-3H3. The van der Waals surface area contributed by atoms with Crippen molar-refractivity contribution in [2.24, 2.45) is 0 Å². The number of carbonyl (C=O) groups excluding carboxylic acids is 1. The lowest BCUT2D eigenvalue weighted by Crippen LogP contribution is -2.06. The highest BCUT2D eigenvalue weighted by atomic mass is 16.5. The Morgan fingerprint density at radius 3 is 2.18 bits per heavy atom. The van der Waals surface area contributed by atoms with Crippen molar-refractivity contribution < 1.29 is 9.53 Å². The van der Waals surface area contributed by atoms with Crippen molar-refractivity contribution in [3.63, 3.8) is 0 Å². The second-order valence-electron chi connectivity index (χ2n) is 3.86. The summed E-state index contributed by atoms with van der Waals surface area (Å²) in [5, 5.41) is 9.14. The Labute approximate surface area is 102 Å². The zero-order valence-electron chi connectivity index (χ0n) is 10.5. The average Bonchev–Trinajstić information content (AvgIpc) is 2.37. The first-order chi connectivity index (χ1) is 8.15. The minimum absolute atomic E-state index is 0.251. The number of hydrogen-bond acceptors (Lipinski definition) is 3. The molecule has 90 valence electrons. The molecule has 0 spiro atoms. The van der Waals surface area contributed by atoms with Crippen molar-refractivity contribution in [3.8, 4) is 6.07 Å². The first kappa shape index (κ1) is 13.2. The van der Waals surface area contributed by atoms with Gasteiger partial charge in [-0.15, -0.1) is 0 Å². The summed E-state index contributed by atoms with van der Waals surface area (Å²) in [4.78, 5) is 11.2. The molecule has 0 radical (unpaired) electrons. The molecule has 0 heterocycles. The number of esters is 1. The van der Waals surface area contributed by atoms with Crippen LogP contribution in [0.5, 0.6) is 0 Å². The van der Waals surface area contributed by atoms with Gasteiger partial charge in [0.1, 0.15) is 0 Å². The second kappa shape index (κ2) is 6.05. The lowest BCUT2D eigenvalue weighted by atomic mass is 9.94. The van der Waals surface area contributed by atoms with Crippen LogP contribution in [0.15, 0.2) is 12.1 Å². The van der Waals surface area contributed by atoms with Gasteiger partial charge >= 0.3 is 5.97 Å². The molecule has 0 aliphatic heterocycles. The quantitative estimate of drug-likeness (QED) is 0.748. The number of nitrogens with zero attached hydrogens (tertiary/aromatic N) is 1. The third-order valence-electron chi connectivity index (χ3n) is 2.81. The van der Waals surface area contributed by atoms with Gasteiger partial charge in [0.2, 0.25) is 0 Å². The SMILES string of the molecule is CCc1cc(CC(=O)OC)cc(CC)c1C#N. The van der Waals surface area contributed by atoms with E-state index in [0.717, 1.165) is 35.1 Å². The lowest BCUT2D eigenvalue weighted by molar-refractivity contribution is -0.139. The monoisotopic (exact) mass is 231 g/mol. The molecule has 0 aromatic heterocycles. The van der Waals surface area contributed by atoms with Gasteiger partial charge < -0.3 is 4.74 Å². The Balaban J connectivity index is 3.19. The van der Waals surface area contributed by atoms with Gasteiger partial charge in [0.15, 0.2) is 0 Å². The third kappa shape index (κ3) is 3.07. The lowest BCUT2D eigenvalue weighted by Gasteiger charge is -2.10. The molecule has 0 saturated carbocycles. The zero-order valence-corrected chi connectivity index (χ0v) is 10.5. The molecule has 1 rings (SSSR count). The highest BCUT2D eigenvalue weighted by Crippen LogP contribution is 2.19. The van der Waals surface area contributed by atoms with E-state index in [0.29, 0.717) is 0 Å². The van der Waals surface area contributed by atoms with Crippen LogP contribution in [0, 0.1) is 11.3 Å². The summed E-state index contributed by atoms with van der Waals surface area (Å²) in [7, 11) is 1.38. The van der Waals surface area contributed by atoms with Crippen molar-refractivity contribution in [1.82, 2.24) is 0 Å². The maximum atomic E-state index is 11.2. The number of benzene rings is 1. The molecule has 0 N–H and O–H groups in total. The van der Waals surface area contributed by atoms with E-state index < -0.39 is 0 Å². The van der Waals surface area contributed by atoms with E-state index in [1.807, 2.05) is 26.0 Å². The average molecular weight is 231 g/mol. The van der Waals surface area contributed by atoms with Crippen LogP contribution in [0.1, 0.15) is 36.1 Å². The molecule has 0 fully saturated rings. The van der Waals surface area contributed by atoms with E-state index in [1.165, 1.54) is 7.11 Å². The van der Waals surface area contributed by atoms with Crippen LogP contribution in [0.3, 0.4) is 0 Å². The summed E-state index contributed by atoms with van der Waals surface area (Å²) in [5.74, 6) is -0.251. The number of methoxy groups -OCH3 is 1. The molecule has 0 unspecified atom stereocenters. The van der Waals surface area contributed by atoms with Gasteiger partial charge in [0, 0.05) is 0 Å². The highest BCUT2D eigenvalue weighted by Gasteiger charge is 2.10. The fourth-order valence-corrected chi connectivity index (χ4v) is 1.88. The van der Waals surface area contributed by atoms with Crippen molar-refractivity contribution in [3.05, 3.63) is 34.4 Å². The van der Waals surface area contributed by atoms with Gasteiger partial charge in [-0.05, 0) is 29.5 Å². The third-order valence-corrected chi connectivity index (χ3v) is 2.81. The van der Waals surface area contributed by atoms with Crippen molar-refractivity contribution >= 4 is 5.97 Å². The van der Waals surface area contributed by atoms with E-state index in [9.17, 15) is 4.79 Å². The number of ether oxygens (including phenoxy) is 1. The van der Waals surface area contributed by atoms with E-state index in [1.54, 1.807) is 0 Å². The number of nitriles is 1. The molecule has 0 aliphatic carbocycles. The summed E-state index contributed by atoms with van der Waals surface area (Å²) in [6, 6.07) is 6.09. The Morgan fingerprint density at radius 2 is 1.82 bits per heavy atom. The van der Waals surface area contributed by atoms with Crippen LogP contribution >= 0.6 is 0 Å². The summed E-state index contributed by atoms with van der Waals surface area (Å²) >= 11 is 0. The Kier molecular flexibility index (Phi) is 4.71. The van der Waals surface area contributed by atoms with E-state index >= 15 is 0 Å². The van der Waals surface area contributed by atoms with Crippen LogP contribution in [0.4, 0.5) is 0 Å². The smallest absolute Gasteiger partial charge is 0.309 e. The number of hydrogen-bond donors (Lipinski definition) is 0. The molecule has 0 atom stereocenters. The zero-order chi connectivity index (χ0) is 12.8. The van der Waals surface area contributed by atoms with Crippen LogP contribution in [0.2, 0.25) is 0 Å². The fraction of sp³-hybridized carbons (Fsp3) is 0.429. The van der Waals surface area contributed by atoms with Gasteiger partial charge in [-0.1, -0.05) is 26.0 Å². The second-order valence-corrected chi connectivity index (χ2v) is 3.86. The Morgan fingerprint density at radius 1 is 1.29 bits per heavy atom. The molecule has 17 heavy (non-hydrogen) atoms. The molecular weight excluding hydrogens is 214 g/mol. The van der Waals surface area contributed by atoms with E-state index in [2.05, 4.69) is 10.8 Å². The van der Waals surface area contributed by atoms with Gasteiger partial charge in [-0.3, -0.25) is 4.79 Å². The van der Waals surface area contributed by atoms with Crippen molar-refractivity contribution in [1.29, 1.82) is 5.26 Å².